The van der Waals surface area contributed by atoms with Crippen LogP contribution in [0.3, 0.4) is 0 Å². The maximum absolute atomic E-state index is 12.4. The van der Waals surface area contributed by atoms with E-state index in [-0.39, 0.29) is 17.9 Å². The van der Waals surface area contributed by atoms with Gasteiger partial charge in [0, 0.05) is 6.42 Å². The SMILES string of the molecule is O=CN(O)[C@@H](CCC(F)(F)F)[C@@H](CCCc1ccccc1)C(=O)O. The average molecular weight is 347 g/mol. The first-order valence-corrected chi connectivity index (χ1v) is 7.50. The van der Waals surface area contributed by atoms with Crippen LogP contribution in [0.5, 0.6) is 0 Å². The summed E-state index contributed by atoms with van der Waals surface area (Å²) in [5.41, 5.74) is 0.977. The smallest absolute Gasteiger partial charge is 0.389 e. The molecule has 0 aromatic heterocycles. The van der Waals surface area contributed by atoms with Gasteiger partial charge < -0.3 is 5.11 Å². The monoisotopic (exact) mass is 347 g/mol. The van der Waals surface area contributed by atoms with Crippen LogP contribution in [-0.4, -0.2) is 40.0 Å². The van der Waals surface area contributed by atoms with Crippen molar-refractivity contribution >= 4 is 12.4 Å². The highest BCUT2D eigenvalue weighted by Gasteiger charge is 2.36. The number of carboxylic acid groups (broad SMARTS) is 1. The zero-order valence-electron chi connectivity index (χ0n) is 12.9. The first-order valence-electron chi connectivity index (χ1n) is 7.50. The summed E-state index contributed by atoms with van der Waals surface area (Å²) < 4.78 is 37.2. The van der Waals surface area contributed by atoms with Gasteiger partial charge in [-0.25, -0.2) is 5.06 Å². The number of hydrogen-bond donors (Lipinski definition) is 2. The molecule has 0 spiro atoms. The maximum atomic E-state index is 12.4. The van der Waals surface area contributed by atoms with E-state index in [1.807, 2.05) is 30.3 Å². The summed E-state index contributed by atoms with van der Waals surface area (Å²) in [6, 6.07) is 7.80. The fraction of sp³-hybridized carbons (Fsp3) is 0.500. The number of carbonyl (C=O) groups excluding carboxylic acids is 1. The Balaban J connectivity index is 2.72. The Morgan fingerprint density at radius 2 is 1.83 bits per heavy atom. The largest absolute Gasteiger partial charge is 0.481 e. The summed E-state index contributed by atoms with van der Waals surface area (Å²) in [4.78, 5) is 22.1. The van der Waals surface area contributed by atoms with Crippen LogP contribution in [0.4, 0.5) is 13.2 Å². The Morgan fingerprint density at radius 1 is 1.21 bits per heavy atom. The number of halogens is 3. The first-order chi connectivity index (χ1) is 11.2. The molecule has 1 rings (SSSR count). The third kappa shape index (κ3) is 6.99. The van der Waals surface area contributed by atoms with Gasteiger partial charge in [-0.3, -0.25) is 14.8 Å². The van der Waals surface area contributed by atoms with E-state index < -0.39 is 36.9 Å². The number of carbonyl (C=O) groups is 2. The minimum absolute atomic E-state index is 0.0348. The molecule has 0 radical (unpaired) electrons. The molecule has 0 heterocycles. The summed E-state index contributed by atoms with van der Waals surface area (Å²) in [5.74, 6) is -2.61. The van der Waals surface area contributed by atoms with Crippen LogP contribution in [0.2, 0.25) is 0 Å². The Bertz CT molecular complexity index is 522. The third-order valence-corrected chi connectivity index (χ3v) is 3.78. The van der Waals surface area contributed by atoms with Crippen molar-refractivity contribution in [3.63, 3.8) is 0 Å². The summed E-state index contributed by atoms with van der Waals surface area (Å²) in [6.07, 6.45) is -5.47. The lowest BCUT2D eigenvalue weighted by Crippen LogP contribution is -2.42. The lowest BCUT2D eigenvalue weighted by atomic mass is 9.89. The number of benzene rings is 1. The summed E-state index contributed by atoms with van der Waals surface area (Å²) >= 11 is 0. The van der Waals surface area contributed by atoms with Crippen molar-refractivity contribution in [2.45, 2.75) is 44.3 Å². The molecule has 0 aliphatic rings. The van der Waals surface area contributed by atoms with Crippen LogP contribution in [0.15, 0.2) is 30.3 Å². The van der Waals surface area contributed by atoms with E-state index in [0.717, 1.165) is 5.56 Å². The summed E-state index contributed by atoms with van der Waals surface area (Å²) in [6.45, 7) is 0. The molecule has 2 N–H and O–H groups in total. The standard InChI is InChI=1S/C16H20F3NO4/c17-16(18,19)10-9-14(20(24)11-21)13(15(22)23)8-4-7-12-5-2-1-3-6-12/h1-3,5-6,11,13-14,24H,4,7-10H2,(H,22,23)/t13-,14+/m1/s1. The fourth-order valence-electron chi connectivity index (χ4n) is 2.56. The lowest BCUT2D eigenvalue weighted by molar-refractivity contribution is -0.181. The second-order valence-corrected chi connectivity index (χ2v) is 5.53. The van der Waals surface area contributed by atoms with E-state index in [4.69, 9.17) is 0 Å². The Labute approximate surface area is 137 Å². The molecule has 0 unspecified atom stereocenters. The van der Waals surface area contributed by atoms with Gasteiger partial charge in [-0.05, 0) is 31.2 Å². The number of rotatable bonds is 10. The maximum Gasteiger partial charge on any atom is 0.389 e. The molecule has 0 aliphatic heterocycles. The molecule has 1 aromatic rings. The zero-order valence-corrected chi connectivity index (χ0v) is 12.9. The van der Waals surface area contributed by atoms with E-state index in [1.165, 1.54) is 0 Å². The number of nitrogens with zero attached hydrogens (tertiary/aromatic N) is 1. The van der Waals surface area contributed by atoms with Gasteiger partial charge in [-0.2, -0.15) is 13.2 Å². The average Bonchev–Trinajstić information content (AvgIpc) is 2.52. The first kappa shape index (κ1) is 20.0. The molecule has 0 saturated heterocycles. The van der Waals surface area contributed by atoms with E-state index >= 15 is 0 Å². The molecule has 1 aromatic carbocycles. The zero-order chi connectivity index (χ0) is 18.2. The van der Waals surface area contributed by atoms with Gasteiger partial charge in [-0.15, -0.1) is 0 Å². The van der Waals surface area contributed by atoms with Gasteiger partial charge in [0.15, 0.2) is 0 Å². The molecule has 2 atom stereocenters. The van der Waals surface area contributed by atoms with E-state index in [9.17, 15) is 33.1 Å². The molecule has 0 bridgehead atoms. The molecule has 1 amide bonds. The topological polar surface area (TPSA) is 77.8 Å². The minimum Gasteiger partial charge on any atom is -0.481 e. The molecule has 0 aliphatic carbocycles. The number of hydroxylamine groups is 2. The number of alkyl halides is 3. The molecule has 134 valence electrons. The van der Waals surface area contributed by atoms with Crippen molar-refractivity contribution in [3.05, 3.63) is 35.9 Å². The number of carboxylic acids is 1. The number of amides is 1. The van der Waals surface area contributed by atoms with Crippen LogP contribution in [0.25, 0.3) is 0 Å². The van der Waals surface area contributed by atoms with Gasteiger partial charge in [0.25, 0.3) is 0 Å². The predicted molar refractivity (Wildman–Crippen MR) is 79.3 cm³/mol. The van der Waals surface area contributed by atoms with Crippen LogP contribution in [-0.2, 0) is 16.0 Å². The molecule has 8 heteroatoms. The van der Waals surface area contributed by atoms with Crippen molar-refractivity contribution in [1.29, 1.82) is 0 Å². The highest BCUT2D eigenvalue weighted by Crippen LogP contribution is 2.28. The van der Waals surface area contributed by atoms with Crippen LogP contribution < -0.4 is 0 Å². The molecule has 0 saturated carbocycles. The Kier molecular flexibility index (Phi) is 7.70. The molecule has 0 fully saturated rings. The van der Waals surface area contributed by atoms with Crippen molar-refractivity contribution in [2.24, 2.45) is 5.92 Å². The molecule has 5 nitrogen and oxygen atoms in total. The summed E-state index contributed by atoms with van der Waals surface area (Å²) in [7, 11) is 0. The highest BCUT2D eigenvalue weighted by molar-refractivity contribution is 5.71. The second kappa shape index (κ2) is 9.27. The van der Waals surface area contributed by atoms with Gasteiger partial charge in [0.2, 0.25) is 6.41 Å². The van der Waals surface area contributed by atoms with E-state index in [1.54, 1.807) is 0 Å². The van der Waals surface area contributed by atoms with Crippen molar-refractivity contribution < 1.29 is 33.1 Å². The van der Waals surface area contributed by atoms with Gasteiger partial charge in [-0.1, -0.05) is 30.3 Å². The molecular formula is C16H20F3NO4. The minimum atomic E-state index is -4.49. The van der Waals surface area contributed by atoms with Crippen LogP contribution in [0, 0.1) is 5.92 Å². The highest BCUT2D eigenvalue weighted by atomic mass is 19.4. The van der Waals surface area contributed by atoms with Gasteiger partial charge in [0.05, 0.1) is 12.0 Å². The van der Waals surface area contributed by atoms with Crippen molar-refractivity contribution in [3.8, 4) is 0 Å². The van der Waals surface area contributed by atoms with Crippen LogP contribution in [0.1, 0.15) is 31.2 Å². The number of aliphatic carboxylic acids is 1. The van der Waals surface area contributed by atoms with E-state index in [0.29, 0.717) is 12.8 Å². The van der Waals surface area contributed by atoms with Crippen molar-refractivity contribution in [1.82, 2.24) is 5.06 Å². The lowest BCUT2D eigenvalue weighted by Gasteiger charge is -2.28. The Hall–Kier alpha value is -2.09. The van der Waals surface area contributed by atoms with E-state index in [2.05, 4.69) is 0 Å². The van der Waals surface area contributed by atoms with Crippen molar-refractivity contribution in [2.75, 3.05) is 0 Å². The fourth-order valence-corrected chi connectivity index (χ4v) is 2.56. The quantitative estimate of drug-likeness (QED) is 0.387. The van der Waals surface area contributed by atoms with Crippen LogP contribution >= 0.6 is 0 Å². The number of hydrogen-bond acceptors (Lipinski definition) is 3. The second-order valence-electron chi connectivity index (χ2n) is 5.53. The van der Waals surface area contributed by atoms with Gasteiger partial charge in [0.1, 0.15) is 0 Å². The number of aryl methyl sites for hydroxylation is 1. The molecule has 24 heavy (non-hydrogen) atoms. The molecular weight excluding hydrogens is 327 g/mol. The predicted octanol–water partition coefficient (Wildman–Crippen LogP) is 3.27. The third-order valence-electron chi connectivity index (χ3n) is 3.78. The summed E-state index contributed by atoms with van der Waals surface area (Å²) in [5, 5.41) is 18.8. The van der Waals surface area contributed by atoms with Gasteiger partial charge >= 0.3 is 12.1 Å². The normalized spacial score (nSPS) is 14.0. The Morgan fingerprint density at radius 3 is 2.33 bits per heavy atom.